The Hall–Kier alpha value is -0.830. The Labute approximate surface area is 70.5 Å². The summed E-state index contributed by atoms with van der Waals surface area (Å²) in [5.41, 5.74) is 1.10. The molecular formula is C8H11NOS. The van der Waals surface area contributed by atoms with Crippen LogP contribution >= 0.6 is 11.3 Å². The van der Waals surface area contributed by atoms with Gasteiger partial charge < -0.3 is 4.90 Å². The van der Waals surface area contributed by atoms with Gasteiger partial charge >= 0.3 is 0 Å². The fraction of sp³-hybridized carbons (Fsp3) is 0.375. The second-order valence-corrected chi connectivity index (χ2v) is 3.53. The van der Waals surface area contributed by atoms with E-state index in [0.29, 0.717) is 0 Å². The summed E-state index contributed by atoms with van der Waals surface area (Å²) in [5.74, 6) is 0.142. The van der Waals surface area contributed by atoms with Crippen molar-refractivity contribution in [2.24, 2.45) is 0 Å². The third-order valence-electron chi connectivity index (χ3n) is 1.45. The Morgan fingerprint density at radius 3 is 2.45 bits per heavy atom. The Balaban J connectivity index is 2.90. The molecule has 0 saturated heterocycles. The molecule has 0 fully saturated rings. The first kappa shape index (κ1) is 8.27. The van der Waals surface area contributed by atoms with Gasteiger partial charge in [0.25, 0.3) is 0 Å². The summed E-state index contributed by atoms with van der Waals surface area (Å²) < 4.78 is 0. The second-order valence-electron chi connectivity index (χ2n) is 2.62. The van der Waals surface area contributed by atoms with E-state index in [-0.39, 0.29) is 5.78 Å². The monoisotopic (exact) mass is 169 g/mol. The minimum Gasteiger partial charge on any atom is -0.377 e. The number of anilines is 1. The Kier molecular flexibility index (Phi) is 2.29. The zero-order chi connectivity index (χ0) is 8.43. The van der Waals surface area contributed by atoms with Crippen molar-refractivity contribution in [3.8, 4) is 0 Å². The molecule has 60 valence electrons. The molecule has 1 aromatic rings. The number of rotatable bonds is 2. The Bertz CT molecular complexity index is 265. The highest BCUT2D eigenvalue weighted by Crippen LogP contribution is 2.21. The van der Waals surface area contributed by atoms with Crippen molar-refractivity contribution in [3.05, 3.63) is 16.3 Å². The van der Waals surface area contributed by atoms with Gasteiger partial charge in [-0.3, -0.25) is 4.79 Å². The van der Waals surface area contributed by atoms with Crippen LogP contribution in [0.25, 0.3) is 0 Å². The van der Waals surface area contributed by atoms with Crippen molar-refractivity contribution in [2.75, 3.05) is 19.0 Å². The van der Waals surface area contributed by atoms with Gasteiger partial charge in [-0.25, -0.2) is 0 Å². The quantitative estimate of drug-likeness (QED) is 0.631. The number of carbonyl (C=O) groups is 1. The molecule has 3 heteroatoms. The van der Waals surface area contributed by atoms with Gasteiger partial charge in [-0.2, -0.15) is 0 Å². The topological polar surface area (TPSA) is 20.3 Å². The molecule has 0 amide bonds. The predicted octanol–water partition coefficient (Wildman–Crippen LogP) is 2.02. The molecule has 11 heavy (non-hydrogen) atoms. The average Bonchev–Trinajstić information content (AvgIpc) is 2.33. The van der Waals surface area contributed by atoms with Crippen molar-refractivity contribution in [1.82, 2.24) is 0 Å². The SMILES string of the molecule is CC(=O)c1cc(N(C)C)cs1. The number of Topliss-reactive ketones (excluding diaryl/α,β-unsaturated/α-hetero) is 1. The number of thiophene rings is 1. The first-order chi connectivity index (χ1) is 5.11. The van der Waals surface area contributed by atoms with Gasteiger partial charge in [0.2, 0.25) is 0 Å². The van der Waals surface area contributed by atoms with Crippen molar-refractivity contribution < 1.29 is 4.79 Å². The van der Waals surface area contributed by atoms with Crippen LogP contribution in [-0.2, 0) is 0 Å². The van der Waals surface area contributed by atoms with Crippen molar-refractivity contribution in [1.29, 1.82) is 0 Å². The maximum absolute atomic E-state index is 10.9. The van der Waals surface area contributed by atoms with Crippen molar-refractivity contribution >= 4 is 22.8 Å². The number of hydrogen-bond acceptors (Lipinski definition) is 3. The lowest BCUT2D eigenvalue weighted by Gasteiger charge is -2.07. The van der Waals surface area contributed by atoms with Gasteiger partial charge in [0.15, 0.2) is 5.78 Å². The van der Waals surface area contributed by atoms with E-state index in [4.69, 9.17) is 0 Å². The van der Waals surface area contributed by atoms with Crippen LogP contribution in [0.15, 0.2) is 11.4 Å². The van der Waals surface area contributed by atoms with Crippen LogP contribution in [0, 0.1) is 0 Å². The molecular weight excluding hydrogens is 158 g/mol. The molecule has 1 heterocycles. The van der Waals surface area contributed by atoms with Crippen LogP contribution in [0.4, 0.5) is 5.69 Å². The highest BCUT2D eigenvalue weighted by molar-refractivity contribution is 7.12. The molecule has 0 atom stereocenters. The number of hydrogen-bond donors (Lipinski definition) is 0. The fourth-order valence-corrected chi connectivity index (χ4v) is 1.63. The lowest BCUT2D eigenvalue weighted by Crippen LogP contribution is -2.06. The molecule has 0 aliphatic heterocycles. The zero-order valence-electron chi connectivity index (χ0n) is 6.92. The fourth-order valence-electron chi connectivity index (χ4n) is 0.745. The summed E-state index contributed by atoms with van der Waals surface area (Å²) in [6, 6.07) is 1.91. The van der Waals surface area contributed by atoms with E-state index in [1.807, 2.05) is 30.4 Å². The van der Waals surface area contributed by atoms with E-state index in [2.05, 4.69) is 0 Å². The van der Waals surface area contributed by atoms with Crippen LogP contribution < -0.4 is 4.90 Å². The normalized spacial score (nSPS) is 9.73. The molecule has 0 unspecified atom stereocenters. The van der Waals surface area contributed by atoms with Crippen LogP contribution in [0.5, 0.6) is 0 Å². The molecule has 0 aliphatic carbocycles. The highest BCUT2D eigenvalue weighted by Gasteiger charge is 2.04. The van der Waals surface area contributed by atoms with Crippen LogP contribution in [0.3, 0.4) is 0 Å². The lowest BCUT2D eigenvalue weighted by molar-refractivity contribution is 0.102. The van der Waals surface area contributed by atoms with E-state index in [0.717, 1.165) is 10.6 Å². The molecule has 0 radical (unpaired) electrons. The number of nitrogens with zero attached hydrogens (tertiary/aromatic N) is 1. The Morgan fingerprint density at radius 1 is 1.55 bits per heavy atom. The van der Waals surface area contributed by atoms with E-state index in [9.17, 15) is 4.79 Å². The molecule has 0 aromatic carbocycles. The minimum absolute atomic E-state index is 0.142. The molecule has 2 nitrogen and oxygen atoms in total. The van der Waals surface area contributed by atoms with E-state index < -0.39 is 0 Å². The lowest BCUT2D eigenvalue weighted by atomic mass is 10.3. The molecule has 0 N–H and O–H groups in total. The largest absolute Gasteiger partial charge is 0.377 e. The van der Waals surface area contributed by atoms with E-state index in [1.54, 1.807) is 6.92 Å². The van der Waals surface area contributed by atoms with Crippen molar-refractivity contribution in [2.45, 2.75) is 6.92 Å². The molecule has 1 aromatic heterocycles. The molecule has 0 aliphatic rings. The summed E-state index contributed by atoms with van der Waals surface area (Å²) >= 11 is 1.49. The standard InChI is InChI=1S/C8H11NOS/c1-6(10)8-4-7(5-11-8)9(2)3/h4-5H,1-3H3. The van der Waals surface area contributed by atoms with Gasteiger partial charge in [0.05, 0.1) is 4.88 Å². The van der Waals surface area contributed by atoms with Crippen LogP contribution in [0.2, 0.25) is 0 Å². The first-order valence-electron chi connectivity index (χ1n) is 3.38. The smallest absolute Gasteiger partial charge is 0.169 e. The minimum atomic E-state index is 0.142. The average molecular weight is 169 g/mol. The second kappa shape index (κ2) is 3.05. The summed E-state index contributed by atoms with van der Waals surface area (Å²) in [6.07, 6.45) is 0. The molecule has 1 rings (SSSR count). The first-order valence-corrected chi connectivity index (χ1v) is 4.26. The van der Waals surface area contributed by atoms with E-state index >= 15 is 0 Å². The Morgan fingerprint density at radius 2 is 2.18 bits per heavy atom. The maximum Gasteiger partial charge on any atom is 0.169 e. The van der Waals surface area contributed by atoms with Gasteiger partial charge in [0.1, 0.15) is 0 Å². The van der Waals surface area contributed by atoms with Gasteiger partial charge in [-0.15, -0.1) is 11.3 Å². The summed E-state index contributed by atoms with van der Waals surface area (Å²) in [7, 11) is 3.93. The summed E-state index contributed by atoms with van der Waals surface area (Å²) in [6.45, 7) is 1.59. The molecule has 0 spiro atoms. The number of carbonyl (C=O) groups excluding carboxylic acids is 1. The van der Waals surface area contributed by atoms with Crippen LogP contribution in [0.1, 0.15) is 16.6 Å². The molecule has 0 bridgehead atoms. The number of ketones is 1. The summed E-state index contributed by atoms with van der Waals surface area (Å²) in [5, 5.41) is 1.98. The third kappa shape index (κ3) is 1.80. The maximum atomic E-state index is 10.9. The van der Waals surface area contributed by atoms with Gasteiger partial charge in [0, 0.05) is 25.2 Å². The zero-order valence-corrected chi connectivity index (χ0v) is 7.73. The predicted molar refractivity (Wildman–Crippen MR) is 48.7 cm³/mol. The van der Waals surface area contributed by atoms with Gasteiger partial charge in [-0.05, 0) is 13.0 Å². The van der Waals surface area contributed by atoms with Gasteiger partial charge in [-0.1, -0.05) is 0 Å². The highest BCUT2D eigenvalue weighted by atomic mass is 32.1. The van der Waals surface area contributed by atoms with E-state index in [1.165, 1.54) is 11.3 Å². The van der Waals surface area contributed by atoms with Crippen LogP contribution in [-0.4, -0.2) is 19.9 Å². The van der Waals surface area contributed by atoms with Crippen molar-refractivity contribution in [3.63, 3.8) is 0 Å². The summed E-state index contributed by atoms with van der Waals surface area (Å²) in [4.78, 5) is 13.7. The third-order valence-corrected chi connectivity index (χ3v) is 2.47. The molecule has 0 saturated carbocycles.